The van der Waals surface area contributed by atoms with E-state index in [1.165, 1.54) is 0 Å². The number of sulfone groups is 1. The van der Waals surface area contributed by atoms with Crippen LogP contribution in [0.4, 0.5) is 0 Å². The van der Waals surface area contributed by atoms with Crippen LogP contribution in [0.2, 0.25) is 5.02 Å². The highest BCUT2D eigenvalue weighted by molar-refractivity contribution is 7.91. The summed E-state index contributed by atoms with van der Waals surface area (Å²) in [5, 5.41) is 0.623. The van der Waals surface area contributed by atoms with Crippen molar-refractivity contribution in [2.45, 2.75) is 45.2 Å². The number of halogens is 1. The molecule has 0 spiro atoms. The van der Waals surface area contributed by atoms with E-state index in [4.69, 9.17) is 11.6 Å². The van der Waals surface area contributed by atoms with E-state index in [1.807, 2.05) is 25.1 Å². The molecule has 0 bridgehead atoms. The molecule has 1 saturated heterocycles. The molecule has 0 aliphatic carbocycles. The Morgan fingerprint density at radius 2 is 2.18 bits per heavy atom. The number of unbranched alkanes of at least 4 members (excludes halogenated alkanes) is 1. The molecule has 1 amide bonds. The summed E-state index contributed by atoms with van der Waals surface area (Å²) in [4.78, 5) is 14.2. The highest BCUT2D eigenvalue weighted by atomic mass is 35.5. The number of hydrogen-bond donors (Lipinski definition) is 0. The van der Waals surface area contributed by atoms with Crippen molar-refractivity contribution in [3.8, 4) is 0 Å². The van der Waals surface area contributed by atoms with Crippen LogP contribution in [0.1, 0.15) is 38.2 Å². The minimum atomic E-state index is -3.01. The second kappa shape index (κ2) is 7.47. The average Bonchev–Trinajstić information content (AvgIpc) is 2.82. The van der Waals surface area contributed by atoms with E-state index < -0.39 is 9.84 Å². The van der Waals surface area contributed by atoms with Gasteiger partial charge in [-0.15, -0.1) is 0 Å². The summed E-state index contributed by atoms with van der Waals surface area (Å²) < 4.78 is 23.5. The smallest absolute Gasteiger partial charge is 0.223 e. The zero-order valence-corrected chi connectivity index (χ0v) is 14.4. The molecule has 0 aromatic heterocycles. The lowest BCUT2D eigenvalue weighted by Gasteiger charge is -2.28. The highest BCUT2D eigenvalue weighted by Crippen LogP contribution is 2.22. The molecule has 0 N–H and O–H groups in total. The van der Waals surface area contributed by atoms with Gasteiger partial charge in [0.25, 0.3) is 0 Å². The zero-order chi connectivity index (χ0) is 16.2. The molecule has 1 unspecified atom stereocenters. The number of amides is 1. The van der Waals surface area contributed by atoms with Crippen molar-refractivity contribution in [2.75, 3.05) is 11.5 Å². The number of carbonyl (C=O) groups is 1. The lowest BCUT2D eigenvalue weighted by molar-refractivity contribution is -0.133. The summed E-state index contributed by atoms with van der Waals surface area (Å²) in [6.45, 7) is 2.46. The Bertz CT molecular complexity index is 630. The lowest BCUT2D eigenvalue weighted by atomic mass is 10.1. The molecular weight excluding hydrogens is 322 g/mol. The fourth-order valence-electron chi connectivity index (χ4n) is 2.75. The Balaban J connectivity index is 2.16. The van der Waals surface area contributed by atoms with E-state index in [9.17, 15) is 13.2 Å². The van der Waals surface area contributed by atoms with E-state index in [2.05, 4.69) is 0 Å². The molecule has 1 atom stereocenters. The van der Waals surface area contributed by atoms with E-state index in [0.717, 1.165) is 18.4 Å². The number of nitrogens with zero attached hydrogens (tertiary/aromatic N) is 1. The molecule has 1 heterocycles. The summed E-state index contributed by atoms with van der Waals surface area (Å²) in [5.41, 5.74) is 0.932. The molecule has 2 rings (SSSR count). The minimum Gasteiger partial charge on any atom is -0.334 e. The van der Waals surface area contributed by atoms with Crippen molar-refractivity contribution in [3.05, 3.63) is 34.9 Å². The standard InChI is InChI=1S/C16H22ClNO3S/c1-2-3-7-16(19)18(15-8-9-22(20,21)12-15)11-13-5-4-6-14(17)10-13/h4-6,10,15H,2-3,7-9,11-12H2,1H3. The van der Waals surface area contributed by atoms with Crippen LogP contribution in [0, 0.1) is 0 Å². The van der Waals surface area contributed by atoms with E-state index in [1.54, 1.807) is 11.0 Å². The van der Waals surface area contributed by atoms with Gasteiger partial charge >= 0.3 is 0 Å². The van der Waals surface area contributed by atoms with Crippen molar-refractivity contribution < 1.29 is 13.2 Å². The van der Waals surface area contributed by atoms with Crippen LogP contribution in [-0.2, 0) is 21.2 Å². The first kappa shape index (κ1) is 17.3. The molecule has 1 fully saturated rings. The van der Waals surface area contributed by atoms with Crippen LogP contribution in [0.15, 0.2) is 24.3 Å². The zero-order valence-electron chi connectivity index (χ0n) is 12.8. The van der Waals surface area contributed by atoms with Gasteiger partial charge in [-0.25, -0.2) is 8.42 Å². The van der Waals surface area contributed by atoms with E-state index in [0.29, 0.717) is 24.4 Å². The molecule has 22 heavy (non-hydrogen) atoms. The molecular formula is C16H22ClNO3S. The quantitative estimate of drug-likeness (QED) is 0.797. The maximum atomic E-state index is 12.5. The summed E-state index contributed by atoms with van der Waals surface area (Å²) in [7, 11) is -3.01. The lowest BCUT2D eigenvalue weighted by Crippen LogP contribution is -2.40. The van der Waals surface area contributed by atoms with Gasteiger partial charge in [-0.3, -0.25) is 4.79 Å². The topological polar surface area (TPSA) is 54.5 Å². The molecule has 0 saturated carbocycles. The fourth-order valence-corrected chi connectivity index (χ4v) is 4.69. The van der Waals surface area contributed by atoms with Gasteiger partial charge in [0.15, 0.2) is 9.84 Å². The van der Waals surface area contributed by atoms with Crippen LogP contribution in [0.25, 0.3) is 0 Å². The van der Waals surface area contributed by atoms with Gasteiger partial charge in [0.1, 0.15) is 0 Å². The normalized spacial score (nSPS) is 20.0. The van der Waals surface area contributed by atoms with Crippen molar-refractivity contribution in [1.29, 1.82) is 0 Å². The minimum absolute atomic E-state index is 0.0314. The Morgan fingerprint density at radius 3 is 2.77 bits per heavy atom. The third-order valence-electron chi connectivity index (χ3n) is 3.96. The predicted octanol–water partition coefficient (Wildman–Crippen LogP) is 3.05. The van der Waals surface area contributed by atoms with Crippen molar-refractivity contribution >= 4 is 27.3 Å². The maximum absolute atomic E-state index is 12.5. The van der Waals surface area contributed by atoms with Gasteiger partial charge < -0.3 is 4.90 Å². The summed E-state index contributed by atoms with van der Waals surface area (Å²) in [5.74, 6) is 0.278. The summed E-state index contributed by atoms with van der Waals surface area (Å²) in [6, 6.07) is 7.15. The molecule has 4 nitrogen and oxygen atoms in total. The number of rotatable bonds is 6. The van der Waals surface area contributed by atoms with Crippen LogP contribution in [-0.4, -0.2) is 36.8 Å². The van der Waals surface area contributed by atoms with Crippen molar-refractivity contribution in [3.63, 3.8) is 0 Å². The molecule has 0 radical (unpaired) electrons. The monoisotopic (exact) mass is 343 g/mol. The van der Waals surface area contributed by atoms with Gasteiger partial charge in [-0.1, -0.05) is 37.1 Å². The Kier molecular flexibility index (Phi) is 5.87. The largest absolute Gasteiger partial charge is 0.334 e. The van der Waals surface area contributed by atoms with Gasteiger partial charge in [0.2, 0.25) is 5.91 Å². The van der Waals surface area contributed by atoms with Gasteiger partial charge in [-0.2, -0.15) is 0 Å². The first-order chi connectivity index (χ1) is 10.4. The van der Waals surface area contributed by atoms with Crippen molar-refractivity contribution in [2.24, 2.45) is 0 Å². The predicted molar refractivity (Wildman–Crippen MR) is 88.6 cm³/mol. The second-order valence-corrected chi connectivity index (χ2v) is 8.48. The molecule has 6 heteroatoms. The molecule has 1 aromatic carbocycles. The van der Waals surface area contributed by atoms with E-state index >= 15 is 0 Å². The third kappa shape index (κ3) is 4.71. The molecule has 122 valence electrons. The van der Waals surface area contributed by atoms with Crippen LogP contribution < -0.4 is 0 Å². The second-order valence-electron chi connectivity index (χ2n) is 5.81. The van der Waals surface area contributed by atoms with E-state index in [-0.39, 0.29) is 23.5 Å². The van der Waals surface area contributed by atoms with Gasteiger partial charge in [-0.05, 0) is 30.5 Å². The average molecular weight is 344 g/mol. The number of hydrogen-bond acceptors (Lipinski definition) is 3. The summed E-state index contributed by atoms with van der Waals surface area (Å²) in [6.07, 6.45) is 2.76. The first-order valence-electron chi connectivity index (χ1n) is 7.65. The first-order valence-corrected chi connectivity index (χ1v) is 9.85. The van der Waals surface area contributed by atoms with Crippen LogP contribution in [0.3, 0.4) is 0 Å². The maximum Gasteiger partial charge on any atom is 0.223 e. The molecule has 1 aromatic rings. The Labute approximate surface area is 137 Å². The number of benzene rings is 1. The van der Waals surface area contributed by atoms with Crippen LogP contribution in [0.5, 0.6) is 0 Å². The highest BCUT2D eigenvalue weighted by Gasteiger charge is 2.34. The number of carbonyl (C=O) groups excluding carboxylic acids is 1. The fraction of sp³-hybridized carbons (Fsp3) is 0.562. The van der Waals surface area contributed by atoms with Crippen molar-refractivity contribution in [1.82, 2.24) is 4.90 Å². The Morgan fingerprint density at radius 1 is 1.41 bits per heavy atom. The van der Waals surface area contributed by atoms with Gasteiger partial charge in [0, 0.05) is 24.0 Å². The Hall–Kier alpha value is -1.07. The SMILES string of the molecule is CCCCC(=O)N(Cc1cccc(Cl)c1)C1CCS(=O)(=O)C1. The molecule has 1 aliphatic rings. The van der Waals surface area contributed by atoms with Crippen LogP contribution >= 0.6 is 11.6 Å². The summed E-state index contributed by atoms with van der Waals surface area (Å²) >= 11 is 6.00. The third-order valence-corrected chi connectivity index (χ3v) is 5.94. The van der Waals surface area contributed by atoms with Gasteiger partial charge in [0.05, 0.1) is 11.5 Å². The molecule has 1 aliphatic heterocycles.